The van der Waals surface area contributed by atoms with Gasteiger partial charge >= 0.3 is 0 Å². The Hall–Kier alpha value is -2.08. The number of benzene rings is 1. The molecule has 0 spiro atoms. The van der Waals surface area contributed by atoms with Crippen LogP contribution in [-0.4, -0.2) is 54.2 Å². The van der Waals surface area contributed by atoms with Gasteiger partial charge in [0.05, 0.1) is 11.8 Å². The Morgan fingerprint density at radius 3 is 2.54 bits per heavy atom. The van der Waals surface area contributed by atoms with Crippen molar-refractivity contribution < 1.29 is 14.4 Å². The van der Waals surface area contributed by atoms with Gasteiger partial charge in [0, 0.05) is 36.9 Å². The predicted molar refractivity (Wildman–Crippen MR) is 90.6 cm³/mol. The van der Waals surface area contributed by atoms with Crippen LogP contribution in [0, 0.1) is 18.8 Å². The molecule has 128 valence electrons. The van der Waals surface area contributed by atoms with Crippen LogP contribution in [0.3, 0.4) is 0 Å². The van der Waals surface area contributed by atoms with Crippen molar-refractivity contribution in [2.75, 3.05) is 31.5 Å². The van der Waals surface area contributed by atoms with E-state index in [1.165, 1.54) is 0 Å². The summed E-state index contributed by atoms with van der Waals surface area (Å²) < 4.78 is 0. The maximum Gasteiger partial charge on any atom is 0.228 e. The molecule has 1 saturated carbocycles. The third kappa shape index (κ3) is 3.53. The number of amides is 3. The summed E-state index contributed by atoms with van der Waals surface area (Å²) >= 11 is 5.91. The molecular formula is C17H20ClN3O3. The van der Waals surface area contributed by atoms with Gasteiger partial charge < -0.3 is 15.1 Å². The number of carbonyl (C=O) groups is 3. The van der Waals surface area contributed by atoms with E-state index in [-0.39, 0.29) is 23.7 Å². The number of rotatable bonds is 4. The summed E-state index contributed by atoms with van der Waals surface area (Å²) in [5.41, 5.74) is 1.62. The molecule has 3 amide bonds. The lowest BCUT2D eigenvalue weighted by Crippen LogP contribution is -2.48. The van der Waals surface area contributed by atoms with Gasteiger partial charge in [-0.05, 0) is 37.1 Å². The van der Waals surface area contributed by atoms with Gasteiger partial charge in [-0.3, -0.25) is 14.4 Å². The van der Waals surface area contributed by atoms with E-state index < -0.39 is 0 Å². The van der Waals surface area contributed by atoms with E-state index in [1.54, 1.807) is 28.0 Å². The Morgan fingerprint density at radius 1 is 1.21 bits per heavy atom. The SMILES string of the molecule is Cc1cc(Cl)ccc1NC(=O)C1CC1C(=O)N1CCN(C=O)CC1. The summed E-state index contributed by atoms with van der Waals surface area (Å²) in [6.07, 6.45) is 1.40. The van der Waals surface area contributed by atoms with Crippen LogP contribution in [0.5, 0.6) is 0 Å². The van der Waals surface area contributed by atoms with Crippen LogP contribution in [0.25, 0.3) is 0 Å². The normalized spacial score (nSPS) is 22.9. The second-order valence-electron chi connectivity index (χ2n) is 6.36. The third-order valence-corrected chi connectivity index (χ3v) is 4.90. The lowest BCUT2D eigenvalue weighted by molar-refractivity contribution is -0.137. The number of nitrogens with zero attached hydrogens (tertiary/aromatic N) is 2. The second-order valence-corrected chi connectivity index (χ2v) is 6.80. The standard InChI is InChI=1S/C17H20ClN3O3/c1-11-8-12(18)2-3-15(11)19-16(23)13-9-14(13)17(24)21-6-4-20(10-22)5-7-21/h2-3,8,10,13-14H,4-7,9H2,1H3,(H,19,23). The molecule has 1 aliphatic heterocycles. The Bertz CT molecular complexity index is 671. The van der Waals surface area contributed by atoms with Crippen LogP contribution in [-0.2, 0) is 14.4 Å². The Balaban J connectivity index is 1.54. The minimum Gasteiger partial charge on any atom is -0.342 e. The van der Waals surface area contributed by atoms with E-state index >= 15 is 0 Å². The molecule has 24 heavy (non-hydrogen) atoms. The number of anilines is 1. The molecule has 0 aromatic heterocycles. The van der Waals surface area contributed by atoms with Crippen molar-refractivity contribution in [3.05, 3.63) is 28.8 Å². The highest BCUT2D eigenvalue weighted by molar-refractivity contribution is 6.30. The fourth-order valence-corrected chi connectivity index (χ4v) is 3.26. The fraction of sp³-hybridized carbons (Fsp3) is 0.471. The first-order valence-corrected chi connectivity index (χ1v) is 8.42. The second kappa shape index (κ2) is 6.81. The maximum atomic E-state index is 12.5. The zero-order valence-electron chi connectivity index (χ0n) is 13.5. The molecule has 2 unspecified atom stereocenters. The molecule has 1 aromatic carbocycles. The first-order valence-electron chi connectivity index (χ1n) is 8.04. The molecular weight excluding hydrogens is 330 g/mol. The van der Waals surface area contributed by atoms with Gasteiger partial charge in [-0.1, -0.05) is 11.6 Å². The fourth-order valence-electron chi connectivity index (χ4n) is 3.03. The van der Waals surface area contributed by atoms with E-state index in [0.29, 0.717) is 37.6 Å². The van der Waals surface area contributed by atoms with Crippen molar-refractivity contribution in [1.82, 2.24) is 9.80 Å². The van der Waals surface area contributed by atoms with Crippen LogP contribution >= 0.6 is 11.6 Å². The number of piperazine rings is 1. The van der Waals surface area contributed by atoms with Gasteiger partial charge in [0.1, 0.15) is 0 Å². The average molecular weight is 350 g/mol. The molecule has 1 aromatic rings. The predicted octanol–water partition coefficient (Wildman–Crippen LogP) is 1.52. The van der Waals surface area contributed by atoms with E-state index in [0.717, 1.165) is 17.7 Å². The van der Waals surface area contributed by atoms with Crippen molar-refractivity contribution in [2.45, 2.75) is 13.3 Å². The van der Waals surface area contributed by atoms with Gasteiger partial charge in [0.15, 0.2) is 0 Å². The molecule has 2 aliphatic rings. The maximum absolute atomic E-state index is 12.5. The molecule has 6 nitrogen and oxygen atoms in total. The van der Waals surface area contributed by atoms with Crippen molar-refractivity contribution >= 4 is 35.5 Å². The number of halogens is 1. The summed E-state index contributed by atoms with van der Waals surface area (Å²) in [6, 6.07) is 5.29. The molecule has 1 aliphatic carbocycles. The highest BCUT2D eigenvalue weighted by atomic mass is 35.5. The van der Waals surface area contributed by atoms with Gasteiger partial charge in [-0.25, -0.2) is 0 Å². The van der Waals surface area contributed by atoms with Crippen molar-refractivity contribution in [1.29, 1.82) is 0 Å². The zero-order valence-corrected chi connectivity index (χ0v) is 14.3. The van der Waals surface area contributed by atoms with Crippen LogP contribution in [0.2, 0.25) is 5.02 Å². The largest absolute Gasteiger partial charge is 0.342 e. The summed E-state index contributed by atoms with van der Waals surface area (Å²) in [5, 5.41) is 3.50. The molecule has 1 N–H and O–H groups in total. The van der Waals surface area contributed by atoms with E-state index in [1.807, 2.05) is 6.92 Å². The minimum atomic E-state index is -0.267. The Labute approximate surface area is 145 Å². The lowest BCUT2D eigenvalue weighted by Gasteiger charge is -2.32. The molecule has 0 radical (unpaired) electrons. The van der Waals surface area contributed by atoms with Gasteiger partial charge in [0.2, 0.25) is 18.2 Å². The van der Waals surface area contributed by atoms with Crippen molar-refractivity contribution in [3.63, 3.8) is 0 Å². The van der Waals surface area contributed by atoms with Crippen LogP contribution in [0.15, 0.2) is 18.2 Å². The number of hydrogen-bond acceptors (Lipinski definition) is 3. The smallest absolute Gasteiger partial charge is 0.228 e. The van der Waals surface area contributed by atoms with Gasteiger partial charge in [-0.2, -0.15) is 0 Å². The van der Waals surface area contributed by atoms with Crippen LogP contribution in [0.1, 0.15) is 12.0 Å². The highest BCUT2D eigenvalue weighted by Crippen LogP contribution is 2.41. The molecule has 3 rings (SSSR count). The Kier molecular flexibility index (Phi) is 4.76. The molecule has 1 heterocycles. The number of hydrogen-bond donors (Lipinski definition) is 1. The van der Waals surface area contributed by atoms with E-state index in [4.69, 9.17) is 11.6 Å². The first-order chi connectivity index (χ1) is 11.5. The Morgan fingerprint density at radius 2 is 1.92 bits per heavy atom. The van der Waals surface area contributed by atoms with Gasteiger partial charge in [-0.15, -0.1) is 0 Å². The minimum absolute atomic E-state index is 0.0218. The molecule has 2 fully saturated rings. The number of aryl methyl sites for hydroxylation is 1. The zero-order chi connectivity index (χ0) is 17.3. The van der Waals surface area contributed by atoms with Crippen LogP contribution < -0.4 is 5.32 Å². The first kappa shape index (κ1) is 16.8. The lowest BCUT2D eigenvalue weighted by atomic mass is 10.2. The molecule has 1 saturated heterocycles. The summed E-state index contributed by atoms with van der Waals surface area (Å²) in [7, 11) is 0. The summed E-state index contributed by atoms with van der Waals surface area (Å²) in [5.74, 6) is -0.601. The van der Waals surface area contributed by atoms with Crippen molar-refractivity contribution in [2.24, 2.45) is 11.8 Å². The highest BCUT2D eigenvalue weighted by Gasteiger charge is 2.49. The number of nitrogens with one attached hydrogen (secondary N) is 1. The van der Waals surface area contributed by atoms with E-state index in [2.05, 4.69) is 5.32 Å². The summed E-state index contributed by atoms with van der Waals surface area (Å²) in [4.78, 5) is 38.9. The average Bonchev–Trinajstić information content (AvgIpc) is 3.37. The van der Waals surface area contributed by atoms with Crippen molar-refractivity contribution in [3.8, 4) is 0 Å². The monoisotopic (exact) mass is 349 g/mol. The topological polar surface area (TPSA) is 69.7 Å². The molecule has 2 atom stereocenters. The summed E-state index contributed by atoms with van der Waals surface area (Å²) in [6.45, 7) is 4.08. The van der Waals surface area contributed by atoms with Gasteiger partial charge in [0.25, 0.3) is 0 Å². The molecule has 0 bridgehead atoms. The quantitative estimate of drug-likeness (QED) is 0.838. The van der Waals surface area contributed by atoms with Crippen LogP contribution in [0.4, 0.5) is 5.69 Å². The third-order valence-electron chi connectivity index (χ3n) is 4.67. The van der Waals surface area contributed by atoms with E-state index in [9.17, 15) is 14.4 Å². The molecule has 7 heteroatoms. The number of carbonyl (C=O) groups excluding carboxylic acids is 3.